The summed E-state index contributed by atoms with van der Waals surface area (Å²) in [4.78, 5) is 5.21. The molecule has 0 N–H and O–H groups in total. The third-order valence-electron chi connectivity index (χ3n) is 18.8. The first-order valence-electron chi connectivity index (χ1n) is 31.7. The fourth-order valence-electron chi connectivity index (χ4n) is 14.3. The van der Waals surface area contributed by atoms with E-state index in [1.54, 1.807) is 0 Å². The van der Waals surface area contributed by atoms with Crippen molar-refractivity contribution >= 4 is 79.0 Å². The molecule has 0 unspecified atom stereocenters. The van der Waals surface area contributed by atoms with Gasteiger partial charge in [-0.1, -0.05) is 272 Å². The van der Waals surface area contributed by atoms with Gasteiger partial charge < -0.3 is 14.4 Å². The highest BCUT2D eigenvalue weighted by molar-refractivity contribution is 7.00. The standard InChI is InChI=1S/C86H68BN3/c1-85(2,3)67-51-72(61-35-21-11-22-36-61)83-74(53-67)75-54-68(86(4,5)6)52-73(62-37-23-12-24-38-62)84(75)90(83)71-55-80-82-81(56-71)89(70-42-26-40-64(48-70)58-29-15-8-16-30-58)79-50-66(60-33-19-10-20-34-60)44-46-77(79)87(82)76-45-43-65(59-31-17-9-18-32-59)49-78(76)88(80)69-41-25-39-63(47-69)57-27-13-7-14-28-57/h7-56H,1-6H3. The van der Waals surface area contributed by atoms with Crippen LogP contribution in [0.25, 0.3) is 94.3 Å². The van der Waals surface area contributed by atoms with Gasteiger partial charge in [0.1, 0.15) is 0 Å². The van der Waals surface area contributed by atoms with E-state index < -0.39 is 0 Å². The second-order valence-corrected chi connectivity index (χ2v) is 26.5. The number of hydrogen-bond donors (Lipinski definition) is 0. The van der Waals surface area contributed by atoms with Gasteiger partial charge in [0.05, 0.1) is 16.7 Å². The average Bonchev–Trinajstić information content (AvgIpc) is 1.07. The Kier molecular flexibility index (Phi) is 13.1. The van der Waals surface area contributed by atoms with Crippen LogP contribution in [0, 0.1) is 0 Å². The van der Waals surface area contributed by atoms with Crippen molar-refractivity contribution in [3.05, 3.63) is 314 Å². The third kappa shape index (κ3) is 9.36. The summed E-state index contributed by atoms with van der Waals surface area (Å²) in [7, 11) is 0. The van der Waals surface area contributed by atoms with Gasteiger partial charge >= 0.3 is 0 Å². The van der Waals surface area contributed by atoms with E-state index in [9.17, 15) is 0 Å². The van der Waals surface area contributed by atoms with Gasteiger partial charge in [0.25, 0.3) is 6.71 Å². The fraction of sp³-hybridized carbons (Fsp3) is 0.0930. The second-order valence-electron chi connectivity index (χ2n) is 26.5. The zero-order valence-corrected chi connectivity index (χ0v) is 51.8. The maximum Gasteiger partial charge on any atom is 0.252 e. The molecule has 0 bridgehead atoms. The number of hydrogen-bond acceptors (Lipinski definition) is 2. The Hall–Kier alpha value is -10.7. The third-order valence-corrected chi connectivity index (χ3v) is 18.8. The quantitative estimate of drug-likeness (QED) is 0.133. The van der Waals surface area contributed by atoms with Crippen LogP contribution in [0.3, 0.4) is 0 Å². The van der Waals surface area contributed by atoms with Gasteiger partial charge in [-0.3, -0.25) is 0 Å². The lowest BCUT2D eigenvalue weighted by Crippen LogP contribution is -2.61. The van der Waals surface area contributed by atoms with E-state index >= 15 is 0 Å². The molecule has 0 aliphatic carbocycles. The molecule has 0 saturated heterocycles. The molecule has 0 radical (unpaired) electrons. The lowest BCUT2D eigenvalue weighted by atomic mass is 9.33. The molecular weight excluding hydrogens is 1090 g/mol. The van der Waals surface area contributed by atoms with Gasteiger partial charge in [-0.25, -0.2) is 0 Å². The molecule has 2 aliphatic rings. The summed E-state index contributed by atoms with van der Waals surface area (Å²) < 4.78 is 2.67. The maximum atomic E-state index is 2.67. The van der Waals surface area contributed by atoms with Gasteiger partial charge in [-0.2, -0.15) is 0 Å². The minimum atomic E-state index is -0.150. The van der Waals surface area contributed by atoms with Crippen LogP contribution in [0.15, 0.2) is 303 Å². The average molecular weight is 1150 g/mol. The van der Waals surface area contributed by atoms with Crippen molar-refractivity contribution in [1.29, 1.82) is 0 Å². The first-order chi connectivity index (χ1) is 43.9. The van der Waals surface area contributed by atoms with Gasteiger partial charge in [-0.05, 0) is 167 Å². The highest BCUT2D eigenvalue weighted by Gasteiger charge is 2.44. The number of rotatable bonds is 9. The van der Waals surface area contributed by atoms with E-state index in [0.717, 1.165) is 50.9 Å². The van der Waals surface area contributed by atoms with E-state index in [1.807, 2.05) is 0 Å². The van der Waals surface area contributed by atoms with Crippen molar-refractivity contribution in [2.75, 3.05) is 9.80 Å². The highest BCUT2D eigenvalue weighted by Crippen LogP contribution is 2.51. The summed E-state index contributed by atoms with van der Waals surface area (Å²) in [6, 6.07) is 114. The number of benzene rings is 13. The summed E-state index contributed by atoms with van der Waals surface area (Å²) >= 11 is 0. The van der Waals surface area contributed by atoms with Crippen LogP contribution in [0.5, 0.6) is 0 Å². The molecule has 0 fully saturated rings. The monoisotopic (exact) mass is 1150 g/mol. The molecule has 90 heavy (non-hydrogen) atoms. The predicted octanol–water partition coefficient (Wildman–Crippen LogP) is 21.5. The molecule has 4 heteroatoms. The largest absolute Gasteiger partial charge is 0.311 e. The Morgan fingerprint density at radius 2 is 0.578 bits per heavy atom. The van der Waals surface area contributed by atoms with E-state index in [0.29, 0.717) is 0 Å². The number of anilines is 6. The van der Waals surface area contributed by atoms with Gasteiger partial charge in [0.15, 0.2) is 0 Å². The molecule has 14 aromatic rings. The molecule has 3 heterocycles. The van der Waals surface area contributed by atoms with E-state index in [-0.39, 0.29) is 17.5 Å². The van der Waals surface area contributed by atoms with Crippen molar-refractivity contribution in [3.63, 3.8) is 0 Å². The molecule has 0 atom stereocenters. The van der Waals surface area contributed by atoms with E-state index in [2.05, 4.69) is 359 Å². The molecule has 13 aromatic carbocycles. The molecule has 0 amide bonds. The topological polar surface area (TPSA) is 11.4 Å². The predicted molar refractivity (Wildman–Crippen MR) is 385 cm³/mol. The zero-order valence-electron chi connectivity index (χ0n) is 51.8. The Balaban J connectivity index is 1.11. The molecule has 430 valence electrons. The molecule has 16 rings (SSSR count). The SMILES string of the molecule is CC(C)(C)c1cc(-c2ccccc2)c2c(c1)c1cc(C(C)(C)C)cc(-c3ccccc3)c1n2-c1cc2c3c(c1)N(c1cccc(-c4ccccc4)c1)c1cc(-c4ccccc4)ccc1B3c1ccc(-c3ccccc3)cc1N2c1cccc(-c2ccccc2)c1. The van der Waals surface area contributed by atoms with Crippen molar-refractivity contribution in [2.24, 2.45) is 0 Å². The molecule has 0 saturated carbocycles. The molecule has 3 nitrogen and oxygen atoms in total. The fourth-order valence-corrected chi connectivity index (χ4v) is 14.3. The number of fused-ring (bicyclic) bond motifs is 7. The van der Waals surface area contributed by atoms with Gasteiger partial charge in [0, 0.05) is 56.0 Å². The zero-order chi connectivity index (χ0) is 60.8. The maximum absolute atomic E-state index is 2.67. The number of nitrogens with zero attached hydrogens (tertiary/aromatic N) is 3. The highest BCUT2D eigenvalue weighted by atomic mass is 15.2. The number of aromatic nitrogens is 1. The normalized spacial score (nSPS) is 12.7. The lowest BCUT2D eigenvalue weighted by molar-refractivity contribution is 0.590. The van der Waals surface area contributed by atoms with Gasteiger partial charge in [0.2, 0.25) is 0 Å². The van der Waals surface area contributed by atoms with Crippen LogP contribution >= 0.6 is 0 Å². The molecule has 0 spiro atoms. The van der Waals surface area contributed by atoms with Crippen LogP contribution in [0.2, 0.25) is 0 Å². The first kappa shape index (κ1) is 54.7. The van der Waals surface area contributed by atoms with Crippen LogP contribution in [0.4, 0.5) is 34.1 Å². The molecule has 1 aromatic heterocycles. The van der Waals surface area contributed by atoms with Crippen molar-refractivity contribution in [3.8, 4) is 72.4 Å². The minimum absolute atomic E-state index is 0.146. The summed E-state index contributed by atoms with van der Waals surface area (Å²) in [5, 5.41) is 2.47. The lowest BCUT2D eigenvalue weighted by Gasteiger charge is -2.45. The van der Waals surface area contributed by atoms with Gasteiger partial charge in [-0.15, -0.1) is 0 Å². The Morgan fingerprint density at radius 1 is 0.256 bits per heavy atom. The second kappa shape index (κ2) is 21.6. The minimum Gasteiger partial charge on any atom is -0.311 e. The van der Waals surface area contributed by atoms with Crippen LogP contribution in [0.1, 0.15) is 52.7 Å². The molecular formula is C86H68BN3. The van der Waals surface area contributed by atoms with Crippen LogP contribution in [-0.2, 0) is 10.8 Å². The first-order valence-corrected chi connectivity index (χ1v) is 31.7. The van der Waals surface area contributed by atoms with E-state index in [1.165, 1.54) is 105 Å². The van der Waals surface area contributed by atoms with Crippen molar-refractivity contribution < 1.29 is 0 Å². The Labute approximate surface area is 529 Å². The van der Waals surface area contributed by atoms with Crippen LogP contribution < -0.4 is 26.2 Å². The van der Waals surface area contributed by atoms with Crippen molar-refractivity contribution in [2.45, 2.75) is 52.4 Å². The summed E-state index contributed by atoms with van der Waals surface area (Å²) in [6.45, 7) is 14.0. The van der Waals surface area contributed by atoms with Crippen molar-refractivity contribution in [1.82, 2.24) is 4.57 Å². The smallest absolute Gasteiger partial charge is 0.252 e. The van der Waals surface area contributed by atoms with E-state index in [4.69, 9.17) is 0 Å². The summed E-state index contributed by atoms with van der Waals surface area (Å²) in [5.41, 5.74) is 30.3. The molecule has 2 aliphatic heterocycles. The summed E-state index contributed by atoms with van der Waals surface area (Å²) in [6.07, 6.45) is 0. The Morgan fingerprint density at radius 3 is 0.922 bits per heavy atom. The summed E-state index contributed by atoms with van der Waals surface area (Å²) in [5.74, 6) is 0. The van der Waals surface area contributed by atoms with Crippen LogP contribution in [-0.4, -0.2) is 11.3 Å². The Bertz CT molecular complexity index is 4750.